The lowest BCUT2D eigenvalue weighted by molar-refractivity contribution is -0.101. The van der Waals surface area contributed by atoms with Crippen LogP contribution in [0.15, 0.2) is 0 Å². The van der Waals surface area contributed by atoms with E-state index in [9.17, 15) is 0 Å². The first-order valence-electron chi connectivity index (χ1n) is 14.4. The third-order valence-corrected chi connectivity index (χ3v) is 10.6. The van der Waals surface area contributed by atoms with Crippen molar-refractivity contribution < 1.29 is 23.7 Å². The Balaban J connectivity index is 1.68. The van der Waals surface area contributed by atoms with Gasteiger partial charge in [0.25, 0.3) is 0 Å². The number of ether oxygens (including phenoxy) is 5. The molecule has 2 bridgehead atoms. The molecule has 1 fully saturated rings. The van der Waals surface area contributed by atoms with Crippen molar-refractivity contribution in [2.24, 2.45) is 0 Å². The highest BCUT2D eigenvalue weighted by Gasteiger charge is 2.59. The maximum Gasteiger partial charge on any atom is 0.231 e. The summed E-state index contributed by atoms with van der Waals surface area (Å²) in [6, 6.07) is 1.22. The normalized spacial score (nSPS) is 30.9. The van der Waals surface area contributed by atoms with E-state index in [-0.39, 0.29) is 30.8 Å². The summed E-state index contributed by atoms with van der Waals surface area (Å²) in [6.45, 7) is 16.3. The molecule has 4 aliphatic rings. The zero-order valence-corrected chi connectivity index (χ0v) is 25.4. The second-order valence-corrected chi connectivity index (χ2v) is 12.0. The summed E-state index contributed by atoms with van der Waals surface area (Å²) >= 11 is 0. The standard InChI is InChI=1S/C32H44N2O5/c1-12-20-23-22(28(35-9)18(6)30-32(23)39-13-38-30)17(5)26-27-24-21(14(2)15(3)29(36-10)31(24)37-11)16(4)25(33(27)8)19(7)34(20)26/h16-17,19-20,25-27H,12-13H2,1-11H3/t16?,17?,19?,20-,25-,26?,27+/m0/s1. The molecule has 0 aliphatic carbocycles. The number of fused-ring (bicyclic) bond motifs is 9. The van der Waals surface area contributed by atoms with Gasteiger partial charge in [0.1, 0.15) is 5.75 Å². The highest BCUT2D eigenvalue weighted by atomic mass is 16.7. The van der Waals surface area contributed by atoms with Crippen molar-refractivity contribution in [2.75, 3.05) is 35.2 Å². The van der Waals surface area contributed by atoms with Gasteiger partial charge in [-0.1, -0.05) is 20.8 Å². The van der Waals surface area contributed by atoms with Gasteiger partial charge in [-0.25, -0.2) is 0 Å². The van der Waals surface area contributed by atoms with Crippen molar-refractivity contribution in [1.29, 1.82) is 0 Å². The van der Waals surface area contributed by atoms with Gasteiger partial charge in [-0.05, 0) is 63.8 Å². The topological polar surface area (TPSA) is 52.6 Å². The number of hydrogen-bond acceptors (Lipinski definition) is 7. The lowest BCUT2D eigenvalue weighted by Crippen LogP contribution is -2.69. The number of hydrogen-bond donors (Lipinski definition) is 0. The van der Waals surface area contributed by atoms with Crippen LogP contribution < -0.4 is 23.7 Å². The molecule has 7 atom stereocenters. The fourth-order valence-electron chi connectivity index (χ4n) is 9.12. The van der Waals surface area contributed by atoms with Crippen molar-refractivity contribution in [1.82, 2.24) is 9.80 Å². The fourth-order valence-corrected chi connectivity index (χ4v) is 9.12. The van der Waals surface area contributed by atoms with Crippen molar-refractivity contribution in [2.45, 2.75) is 96.9 Å². The van der Waals surface area contributed by atoms with E-state index in [1.165, 1.54) is 33.4 Å². The van der Waals surface area contributed by atoms with Crippen molar-refractivity contribution in [3.8, 4) is 28.7 Å². The van der Waals surface area contributed by atoms with Crippen LogP contribution >= 0.6 is 0 Å². The fraction of sp³-hybridized carbons (Fsp3) is 0.625. The Bertz CT molecular complexity index is 1340. The summed E-state index contributed by atoms with van der Waals surface area (Å²) in [5, 5.41) is 0. The van der Waals surface area contributed by atoms with Crippen LogP contribution in [0.5, 0.6) is 28.7 Å². The predicted octanol–water partition coefficient (Wildman–Crippen LogP) is 6.17. The zero-order valence-electron chi connectivity index (χ0n) is 25.4. The molecule has 2 aromatic rings. The Labute approximate surface area is 233 Å². The van der Waals surface area contributed by atoms with E-state index in [0.29, 0.717) is 18.0 Å². The molecule has 4 heterocycles. The minimum absolute atomic E-state index is 0.133. The Morgan fingerprint density at radius 3 is 1.95 bits per heavy atom. The first-order valence-corrected chi connectivity index (χ1v) is 14.4. The Morgan fingerprint density at radius 2 is 1.33 bits per heavy atom. The molecule has 0 aromatic heterocycles. The molecule has 1 saturated heterocycles. The molecule has 2 aromatic carbocycles. The maximum atomic E-state index is 6.22. The van der Waals surface area contributed by atoms with Crippen molar-refractivity contribution in [3.63, 3.8) is 0 Å². The average molecular weight is 537 g/mol. The average Bonchev–Trinajstić information content (AvgIpc) is 3.41. The Hall–Kier alpha value is -2.64. The van der Waals surface area contributed by atoms with Gasteiger partial charge < -0.3 is 23.7 Å². The van der Waals surface area contributed by atoms with Crippen LogP contribution in [0.2, 0.25) is 0 Å². The first-order chi connectivity index (χ1) is 18.7. The molecule has 6 rings (SSSR count). The van der Waals surface area contributed by atoms with Crippen LogP contribution in [-0.2, 0) is 0 Å². The quantitative estimate of drug-likeness (QED) is 0.463. The van der Waals surface area contributed by atoms with Gasteiger partial charge in [-0.15, -0.1) is 0 Å². The second-order valence-electron chi connectivity index (χ2n) is 12.0. The monoisotopic (exact) mass is 536 g/mol. The zero-order chi connectivity index (χ0) is 28.1. The van der Waals surface area contributed by atoms with Gasteiger partial charge in [0.15, 0.2) is 23.0 Å². The molecule has 0 radical (unpaired) electrons. The lowest BCUT2D eigenvalue weighted by atomic mass is 9.64. The van der Waals surface area contributed by atoms with Gasteiger partial charge >= 0.3 is 0 Å². The molecule has 0 amide bonds. The molecule has 4 aliphatic heterocycles. The Kier molecular flexibility index (Phi) is 6.27. The molecule has 0 N–H and O–H groups in total. The van der Waals surface area contributed by atoms with Crippen LogP contribution in [0.3, 0.4) is 0 Å². The molecular weight excluding hydrogens is 492 g/mol. The first kappa shape index (κ1) is 26.6. The van der Waals surface area contributed by atoms with Gasteiger partial charge in [0.2, 0.25) is 6.79 Å². The lowest BCUT2D eigenvalue weighted by Gasteiger charge is -2.64. The highest BCUT2D eigenvalue weighted by Crippen LogP contribution is 2.63. The van der Waals surface area contributed by atoms with Crippen LogP contribution in [0.4, 0.5) is 0 Å². The largest absolute Gasteiger partial charge is 0.496 e. The Morgan fingerprint density at radius 1 is 0.718 bits per heavy atom. The molecule has 0 spiro atoms. The smallest absolute Gasteiger partial charge is 0.231 e. The number of benzene rings is 2. The molecule has 7 nitrogen and oxygen atoms in total. The van der Waals surface area contributed by atoms with Crippen molar-refractivity contribution >= 4 is 0 Å². The van der Waals surface area contributed by atoms with Crippen LogP contribution in [0.25, 0.3) is 0 Å². The van der Waals surface area contributed by atoms with E-state index in [1.54, 1.807) is 21.3 Å². The number of rotatable bonds is 4. The molecule has 4 unspecified atom stereocenters. The number of piperazine rings is 1. The summed E-state index contributed by atoms with van der Waals surface area (Å²) in [5.41, 5.74) is 8.76. The summed E-state index contributed by atoms with van der Waals surface area (Å²) < 4.78 is 30.6. The molecule has 0 saturated carbocycles. The van der Waals surface area contributed by atoms with Crippen molar-refractivity contribution in [3.05, 3.63) is 38.9 Å². The molecular formula is C32H44N2O5. The predicted molar refractivity (Wildman–Crippen MR) is 152 cm³/mol. The second kappa shape index (κ2) is 9.20. The third kappa shape index (κ3) is 3.17. The maximum absolute atomic E-state index is 6.22. The van der Waals surface area contributed by atoms with E-state index in [2.05, 4.69) is 65.3 Å². The van der Waals surface area contributed by atoms with Gasteiger partial charge in [-0.2, -0.15) is 0 Å². The van der Waals surface area contributed by atoms with Crippen LogP contribution in [0.1, 0.15) is 97.0 Å². The molecule has 7 heteroatoms. The van der Waals surface area contributed by atoms with Gasteiger partial charge in [0.05, 0.1) is 27.4 Å². The minimum atomic E-state index is 0.133. The summed E-state index contributed by atoms with van der Waals surface area (Å²) in [7, 11) is 7.64. The van der Waals surface area contributed by atoms with Crippen LogP contribution in [-0.4, -0.2) is 63.1 Å². The molecule has 39 heavy (non-hydrogen) atoms. The third-order valence-electron chi connectivity index (χ3n) is 10.6. The minimum Gasteiger partial charge on any atom is -0.496 e. The van der Waals surface area contributed by atoms with E-state index in [4.69, 9.17) is 23.7 Å². The number of nitrogens with zero attached hydrogens (tertiary/aromatic N) is 2. The van der Waals surface area contributed by atoms with Crippen LogP contribution in [0, 0.1) is 20.8 Å². The summed E-state index contributed by atoms with van der Waals surface area (Å²) in [6.07, 6.45) is 0.973. The van der Waals surface area contributed by atoms with E-state index < -0.39 is 0 Å². The highest BCUT2D eigenvalue weighted by molar-refractivity contribution is 5.68. The van der Waals surface area contributed by atoms with Gasteiger partial charge in [0, 0.05) is 52.3 Å². The number of likely N-dealkylation sites (N-methyl/N-ethyl adjacent to an activating group) is 1. The van der Waals surface area contributed by atoms with E-state index in [0.717, 1.165) is 40.7 Å². The van der Waals surface area contributed by atoms with E-state index >= 15 is 0 Å². The molecule has 212 valence electrons. The number of methoxy groups -OCH3 is 3. The van der Waals surface area contributed by atoms with Gasteiger partial charge in [-0.3, -0.25) is 9.80 Å². The SMILES string of the molecule is CC[C@H]1c2c3c(c(C)c(OC)c2C(C)C2[C@H]4c5c(OC)c(OC)c(C)c(C)c5C(C)[C@@H](C(C)N21)N4C)OCO3. The summed E-state index contributed by atoms with van der Waals surface area (Å²) in [5.74, 6) is 4.94. The van der Waals surface area contributed by atoms with E-state index in [1.807, 2.05) is 0 Å². The summed E-state index contributed by atoms with van der Waals surface area (Å²) in [4.78, 5) is 5.44.